The number of aryl methyl sites for hydroxylation is 1. The number of fused-ring (bicyclic) bond motifs is 1. The van der Waals surface area contributed by atoms with Gasteiger partial charge < -0.3 is 15.6 Å². The summed E-state index contributed by atoms with van der Waals surface area (Å²) < 4.78 is 0. The minimum absolute atomic E-state index is 0.0941. The summed E-state index contributed by atoms with van der Waals surface area (Å²) in [6, 6.07) is 13.5. The third-order valence-electron chi connectivity index (χ3n) is 4.54. The van der Waals surface area contributed by atoms with E-state index in [0.29, 0.717) is 28.2 Å². The fourth-order valence-electron chi connectivity index (χ4n) is 2.93. The molecule has 1 saturated carbocycles. The normalized spacial score (nSPS) is 13.4. The molecule has 0 atom stereocenters. The van der Waals surface area contributed by atoms with Gasteiger partial charge >= 0.3 is 0 Å². The first-order chi connectivity index (χ1) is 13.0. The van der Waals surface area contributed by atoms with E-state index >= 15 is 0 Å². The zero-order valence-electron chi connectivity index (χ0n) is 14.8. The number of carbonyl (C=O) groups is 2. The maximum absolute atomic E-state index is 12.5. The lowest BCUT2D eigenvalue weighted by Gasteiger charge is -2.08. The van der Waals surface area contributed by atoms with Gasteiger partial charge in [-0.3, -0.25) is 14.4 Å². The minimum Gasteiger partial charge on any atom is -0.358 e. The van der Waals surface area contributed by atoms with Crippen LogP contribution < -0.4 is 16.1 Å². The molecule has 27 heavy (non-hydrogen) atoms. The van der Waals surface area contributed by atoms with Gasteiger partial charge in [-0.1, -0.05) is 0 Å². The first kappa shape index (κ1) is 17.0. The second-order valence-corrected chi connectivity index (χ2v) is 6.86. The van der Waals surface area contributed by atoms with E-state index in [1.54, 1.807) is 42.5 Å². The molecule has 1 heterocycles. The van der Waals surface area contributed by atoms with Crippen molar-refractivity contribution in [3.63, 3.8) is 0 Å². The van der Waals surface area contributed by atoms with E-state index in [4.69, 9.17) is 0 Å². The number of hydrogen-bond acceptors (Lipinski definition) is 3. The summed E-state index contributed by atoms with van der Waals surface area (Å²) in [5.74, 6) is -0.416. The van der Waals surface area contributed by atoms with Gasteiger partial charge in [-0.2, -0.15) is 0 Å². The largest absolute Gasteiger partial charge is 0.358 e. The van der Waals surface area contributed by atoms with E-state index in [2.05, 4.69) is 15.6 Å². The third kappa shape index (κ3) is 3.74. The van der Waals surface area contributed by atoms with Gasteiger partial charge in [0.1, 0.15) is 0 Å². The van der Waals surface area contributed by atoms with Gasteiger partial charge in [0.05, 0.1) is 0 Å². The van der Waals surface area contributed by atoms with Crippen molar-refractivity contribution in [2.24, 2.45) is 0 Å². The first-order valence-corrected chi connectivity index (χ1v) is 8.85. The van der Waals surface area contributed by atoms with Crippen LogP contribution in [0.1, 0.15) is 39.3 Å². The molecule has 3 aromatic rings. The maximum Gasteiger partial charge on any atom is 0.255 e. The van der Waals surface area contributed by atoms with Gasteiger partial charge in [-0.05, 0) is 62.2 Å². The number of hydrogen-bond donors (Lipinski definition) is 3. The van der Waals surface area contributed by atoms with Crippen LogP contribution in [0.3, 0.4) is 0 Å². The number of pyridine rings is 1. The van der Waals surface area contributed by atoms with Gasteiger partial charge in [-0.15, -0.1) is 0 Å². The zero-order chi connectivity index (χ0) is 19.0. The van der Waals surface area contributed by atoms with Gasteiger partial charge in [-0.25, -0.2) is 0 Å². The standard InChI is InChI=1S/C21H19N3O3/c1-12-10-19(25)17-11-16(8-9-18(17)22-12)24-21(27)14-4-2-13(3-5-14)20(26)23-15-6-7-15/h2-5,8-11,15H,6-7H2,1H3,(H,22,25)(H,23,26)(H,24,27). The van der Waals surface area contributed by atoms with Crippen molar-refractivity contribution in [2.45, 2.75) is 25.8 Å². The lowest BCUT2D eigenvalue weighted by Crippen LogP contribution is -2.25. The molecule has 6 nitrogen and oxygen atoms in total. The zero-order valence-corrected chi connectivity index (χ0v) is 14.8. The Morgan fingerprint density at radius 1 is 0.963 bits per heavy atom. The van der Waals surface area contributed by atoms with Gasteiger partial charge in [0.2, 0.25) is 0 Å². The predicted octanol–water partition coefficient (Wildman–Crippen LogP) is 2.98. The highest BCUT2D eigenvalue weighted by atomic mass is 16.2. The Balaban J connectivity index is 1.50. The molecule has 3 N–H and O–H groups in total. The highest BCUT2D eigenvalue weighted by Gasteiger charge is 2.23. The van der Waals surface area contributed by atoms with Gasteiger partial charge in [0.25, 0.3) is 11.8 Å². The first-order valence-electron chi connectivity index (χ1n) is 8.85. The average molecular weight is 361 g/mol. The molecule has 0 radical (unpaired) electrons. The topological polar surface area (TPSA) is 91.1 Å². The number of rotatable bonds is 4. The van der Waals surface area contributed by atoms with Crippen LogP contribution in [-0.2, 0) is 0 Å². The quantitative estimate of drug-likeness (QED) is 0.667. The summed E-state index contributed by atoms with van der Waals surface area (Å²) in [7, 11) is 0. The minimum atomic E-state index is -0.299. The van der Waals surface area contributed by atoms with Crippen molar-refractivity contribution in [1.29, 1.82) is 0 Å². The lowest BCUT2D eigenvalue weighted by atomic mass is 10.1. The molecule has 0 aliphatic heterocycles. The molecule has 0 bridgehead atoms. The molecule has 1 aliphatic carbocycles. The van der Waals surface area contributed by atoms with E-state index < -0.39 is 0 Å². The highest BCUT2D eigenvalue weighted by Crippen LogP contribution is 2.20. The SMILES string of the molecule is Cc1cc(=O)c2cc(NC(=O)c3ccc(C(=O)NC4CC4)cc3)ccc2[nH]1. The predicted molar refractivity (Wildman–Crippen MR) is 104 cm³/mol. The summed E-state index contributed by atoms with van der Waals surface area (Å²) >= 11 is 0. The van der Waals surface area contributed by atoms with Crippen molar-refractivity contribution in [2.75, 3.05) is 5.32 Å². The van der Waals surface area contributed by atoms with Crippen molar-refractivity contribution >= 4 is 28.4 Å². The summed E-state index contributed by atoms with van der Waals surface area (Å²) in [5.41, 5.74) is 2.93. The highest BCUT2D eigenvalue weighted by molar-refractivity contribution is 6.05. The van der Waals surface area contributed by atoms with Crippen molar-refractivity contribution in [1.82, 2.24) is 10.3 Å². The van der Waals surface area contributed by atoms with Crippen molar-refractivity contribution < 1.29 is 9.59 Å². The van der Waals surface area contributed by atoms with Crippen LogP contribution in [0.15, 0.2) is 53.3 Å². The second-order valence-electron chi connectivity index (χ2n) is 6.86. The van der Waals surface area contributed by atoms with Crippen LogP contribution in [0.5, 0.6) is 0 Å². The van der Waals surface area contributed by atoms with Gasteiger partial charge in [0, 0.05) is 45.5 Å². The number of aromatic amines is 1. The maximum atomic E-state index is 12.5. The number of carbonyl (C=O) groups excluding carboxylic acids is 2. The van der Waals surface area contributed by atoms with E-state index in [9.17, 15) is 14.4 Å². The Morgan fingerprint density at radius 3 is 2.30 bits per heavy atom. The summed E-state index contributed by atoms with van der Waals surface area (Å²) in [5, 5.41) is 6.22. The third-order valence-corrected chi connectivity index (χ3v) is 4.54. The van der Waals surface area contributed by atoms with Crippen LogP contribution >= 0.6 is 0 Å². The number of H-pyrrole nitrogens is 1. The smallest absolute Gasteiger partial charge is 0.255 e. The molecular formula is C21H19N3O3. The fraction of sp³-hybridized carbons (Fsp3) is 0.190. The number of aromatic nitrogens is 1. The molecule has 0 spiro atoms. The molecule has 2 amide bonds. The average Bonchev–Trinajstić information content (AvgIpc) is 3.46. The molecular weight excluding hydrogens is 342 g/mol. The van der Waals surface area contributed by atoms with E-state index in [1.165, 1.54) is 6.07 Å². The van der Waals surface area contributed by atoms with E-state index in [1.807, 2.05) is 6.92 Å². The van der Waals surface area contributed by atoms with Crippen molar-refractivity contribution in [3.8, 4) is 0 Å². The molecule has 1 fully saturated rings. The summed E-state index contributed by atoms with van der Waals surface area (Å²) in [6.45, 7) is 1.82. The summed E-state index contributed by atoms with van der Waals surface area (Å²) in [4.78, 5) is 39.7. The van der Waals surface area contributed by atoms with Gasteiger partial charge in [0.15, 0.2) is 5.43 Å². The number of benzene rings is 2. The molecule has 136 valence electrons. The van der Waals surface area contributed by atoms with Crippen LogP contribution in [0, 0.1) is 6.92 Å². The Morgan fingerprint density at radius 2 is 1.63 bits per heavy atom. The fourth-order valence-corrected chi connectivity index (χ4v) is 2.93. The Labute approximate surface area is 155 Å². The van der Waals surface area contributed by atoms with Crippen LogP contribution in [0.25, 0.3) is 10.9 Å². The molecule has 4 rings (SSSR count). The van der Waals surface area contributed by atoms with Crippen LogP contribution in [0.2, 0.25) is 0 Å². The molecule has 2 aromatic carbocycles. The lowest BCUT2D eigenvalue weighted by molar-refractivity contribution is 0.0949. The molecule has 6 heteroatoms. The van der Waals surface area contributed by atoms with Crippen LogP contribution in [-0.4, -0.2) is 22.8 Å². The van der Waals surface area contributed by atoms with Crippen LogP contribution in [0.4, 0.5) is 5.69 Å². The Hall–Kier alpha value is -3.41. The number of anilines is 1. The molecule has 1 aliphatic rings. The molecule has 0 saturated heterocycles. The van der Waals surface area contributed by atoms with Crippen molar-refractivity contribution in [3.05, 3.63) is 75.6 Å². The Bertz CT molecular complexity index is 1100. The van der Waals surface area contributed by atoms with E-state index in [-0.39, 0.29) is 17.2 Å². The monoisotopic (exact) mass is 361 g/mol. The number of amides is 2. The van der Waals surface area contributed by atoms with E-state index in [0.717, 1.165) is 24.1 Å². The molecule has 0 unspecified atom stereocenters. The second kappa shape index (κ2) is 6.72. The summed E-state index contributed by atoms with van der Waals surface area (Å²) in [6.07, 6.45) is 2.06. The Kier molecular flexibility index (Phi) is 4.24. The molecule has 1 aromatic heterocycles. The number of nitrogens with one attached hydrogen (secondary N) is 3.